The summed E-state index contributed by atoms with van der Waals surface area (Å²) < 4.78 is 5.76. The lowest BCUT2D eigenvalue weighted by Gasteiger charge is -2.11. The lowest BCUT2D eigenvalue weighted by Crippen LogP contribution is -2.04. The standard InChI is InChI=1S/C15H16N2O3/c1-10-8-13(17(18)19)6-7-15(10)20-14-5-3-4-12(9-14)11(2)16/h3-9,11H,16H2,1-2H3. The zero-order chi connectivity index (χ0) is 14.7. The maximum Gasteiger partial charge on any atom is 0.269 e. The number of aryl methyl sites for hydroxylation is 1. The van der Waals surface area contributed by atoms with E-state index in [1.54, 1.807) is 13.0 Å². The molecule has 5 heteroatoms. The maximum atomic E-state index is 10.7. The van der Waals surface area contributed by atoms with Gasteiger partial charge in [-0.1, -0.05) is 12.1 Å². The molecule has 5 nitrogen and oxygen atoms in total. The van der Waals surface area contributed by atoms with Crippen LogP contribution in [0.3, 0.4) is 0 Å². The van der Waals surface area contributed by atoms with E-state index in [9.17, 15) is 10.1 Å². The van der Waals surface area contributed by atoms with Gasteiger partial charge in [0.15, 0.2) is 0 Å². The minimum atomic E-state index is -0.423. The van der Waals surface area contributed by atoms with Gasteiger partial charge in [-0.3, -0.25) is 10.1 Å². The Balaban J connectivity index is 2.26. The molecule has 2 aromatic rings. The fourth-order valence-electron chi connectivity index (χ4n) is 1.85. The number of non-ortho nitro benzene ring substituents is 1. The van der Waals surface area contributed by atoms with Crippen LogP contribution in [0.1, 0.15) is 24.1 Å². The molecule has 0 spiro atoms. The second kappa shape index (κ2) is 5.71. The third kappa shape index (κ3) is 3.13. The maximum absolute atomic E-state index is 10.7. The predicted molar refractivity (Wildman–Crippen MR) is 77.0 cm³/mol. The number of hydrogen-bond acceptors (Lipinski definition) is 4. The summed E-state index contributed by atoms with van der Waals surface area (Å²) in [6.07, 6.45) is 0. The van der Waals surface area contributed by atoms with Gasteiger partial charge < -0.3 is 10.5 Å². The number of benzene rings is 2. The number of nitrogens with zero attached hydrogens (tertiary/aromatic N) is 1. The lowest BCUT2D eigenvalue weighted by molar-refractivity contribution is -0.384. The molecule has 1 unspecified atom stereocenters. The zero-order valence-corrected chi connectivity index (χ0v) is 11.4. The fraction of sp³-hybridized carbons (Fsp3) is 0.200. The first-order chi connectivity index (χ1) is 9.47. The summed E-state index contributed by atoms with van der Waals surface area (Å²) in [5, 5.41) is 10.7. The Bertz CT molecular complexity index is 639. The number of nitrogens with two attached hydrogens (primary N) is 1. The van der Waals surface area contributed by atoms with Crippen molar-refractivity contribution in [1.82, 2.24) is 0 Å². The number of ether oxygens (including phenoxy) is 1. The topological polar surface area (TPSA) is 78.4 Å². The Morgan fingerprint density at radius 3 is 2.60 bits per heavy atom. The normalized spacial score (nSPS) is 11.9. The summed E-state index contributed by atoms with van der Waals surface area (Å²) in [5.74, 6) is 1.26. The van der Waals surface area contributed by atoms with E-state index in [0.717, 1.165) is 5.56 Å². The van der Waals surface area contributed by atoms with Gasteiger partial charge >= 0.3 is 0 Å². The van der Waals surface area contributed by atoms with Crippen molar-refractivity contribution in [2.75, 3.05) is 0 Å². The van der Waals surface area contributed by atoms with Crippen LogP contribution in [0.25, 0.3) is 0 Å². The van der Waals surface area contributed by atoms with Crippen LogP contribution in [0.2, 0.25) is 0 Å². The van der Waals surface area contributed by atoms with Crippen molar-refractivity contribution >= 4 is 5.69 Å². The molecule has 104 valence electrons. The van der Waals surface area contributed by atoms with Gasteiger partial charge in [0.05, 0.1) is 4.92 Å². The Kier molecular flexibility index (Phi) is 4.00. The molecule has 2 aromatic carbocycles. The van der Waals surface area contributed by atoms with Gasteiger partial charge in [-0.15, -0.1) is 0 Å². The molecule has 0 fully saturated rings. The van der Waals surface area contributed by atoms with E-state index < -0.39 is 4.92 Å². The molecule has 0 bridgehead atoms. The van der Waals surface area contributed by atoms with Gasteiger partial charge in [-0.25, -0.2) is 0 Å². The van der Waals surface area contributed by atoms with Crippen LogP contribution in [0, 0.1) is 17.0 Å². The third-order valence-electron chi connectivity index (χ3n) is 2.98. The minimum absolute atomic E-state index is 0.0548. The number of hydrogen-bond donors (Lipinski definition) is 1. The quantitative estimate of drug-likeness (QED) is 0.679. The Labute approximate surface area is 117 Å². The monoisotopic (exact) mass is 272 g/mol. The van der Waals surface area contributed by atoms with Crippen LogP contribution >= 0.6 is 0 Å². The van der Waals surface area contributed by atoms with Gasteiger partial charge in [-0.2, -0.15) is 0 Å². The highest BCUT2D eigenvalue weighted by atomic mass is 16.6. The number of nitro groups is 1. The smallest absolute Gasteiger partial charge is 0.269 e. The fourth-order valence-corrected chi connectivity index (χ4v) is 1.85. The lowest BCUT2D eigenvalue weighted by atomic mass is 10.1. The summed E-state index contributed by atoms with van der Waals surface area (Å²) in [4.78, 5) is 10.3. The molecule has 0 aliphatic heterocycles. The molecular weight excluding hydrogens is 256 g/mol. The van der Waals surface area contributed by atoms with E-state index in [-0.39, 0.29) is 11.7 Å². The highest BCUT2D eigenvalue weighted by molar-refractivity contribution is 5.45. The average Bonchev–Trinajstić information content (AvgIpc) is 2.41. The Hall–Kier alpha value is -2.40. The number of nitro benzene ring substituents is 1. The summed E-state index contributed by atoms with van der Waals surface area (Å²) in [7, 11) is 0. The van der Waals surface area contributed by atoms with Crippen molar-refractivity contribution < 1.29 is 9.66 Å². The van der Waals surface area contributed by atoms with Gasteiger partial charge in [-0.05, 0) is 43.2 Å². The minimum Gasteiger partial charge on any atom is -0.457 e. The summed E-state index contributed by atoms with van der Waals surface area (Å²) in [6, 6.07) is 11.9. The van der Waals surface area contributed by atoms with Gasteiger partial charge in [0.1, 0.15) is 11.5 Å². The molecule has 0 aliphatic rings. The Morgan fingerprint density at radius 2 is 2.00 bits per heavy atom. The van der Waals surface area contributed by atoms with Crippen molar-refractivity contribution in [3.05, 3.63) is 63.7 Å². The van der Waals surface area contributed by atoms with Gasteiger partial charge in [0.2, 0.25) is 0 Å². The molecule has 0 aliphatic carbocycles. The van der Waals surface area contributed by atoms with E-state index in [2.05, 4.69) is 0 Å². The first-order valence-electron chi connectivity index (χ1n) is 6.26. The van der Waals surface area contributed by atoms with Crippen molar-refractivity contribution in [1.29, 1.82) is 0 Å². The molecule has 1 atom stereocenters. The van der Waals surface area contributed by atoms with Gasteiger partial charge in [0, 0.05) is 18.2 Å². The second-order valence-corrected chi connectivity index (χ2v) is 4.67. The highest BCUT2D eigenvalue weighted by Gasteiger charge is 2.10. The molecule has 0 radical (unpaired) electrons. The van der Waals surface area contributed by atoms with E-state index >= 15 is 0 Å². The molecule has 0 saturated carbocycles. The molecule has 0 aromatic heterocycles. The molecular formula is C15H16N2O3. The van der Waals surface area contributed by atoms with Crippen LogP contribution in [0.15, 0.2) is 42.5 Å². The van der Waals surface area contributed by atoms with Crippen LogP contribution in [-0.4, -0.2) is 4.92 Å². The van der Waals surface area contributed by atoms with E-state index in [0.29, 0.717) is 17.1 Å². The molecule has 2 N–H and O–H groups in total. The molecule has 0 amide bonds. The second-order valence-electron chi connectivity index (χ2n) is 4.67. The molecule has 2 rings (SSSR count). The number of rotatable bonds is 4. The van der Waals surface area contributed by atoms with Gasteiger partial charge in [0.25, 0.3) is 5.69 Å². The highest BCUT2D eigenvalue weighted by Crippen LogP contribution is 2.29. The summed E-state index contributed by atoms with van der Waals surface area (Å²) in [5.41, 5.74) is 7.57. The molecule has 0 heterocycles. The van der Waals surface area contributed by atoms with Crippen molar-refractivity contribution in [3.8, 4) is 11.5 Å². The van der Waals surface area contributed by atoms with Crippen LogP contribution in [0.4, 0.5) is 5.69 Å². The van der Waals surface area contributed by atoms with E-state index in [4.69, 9.17) is 10.5 Å². The first kappa shape index (κ1) is 14.0. The first-order valence-corrected chi connectivity index (χ1v) is 6.26. The van der Waals surface area contributed by atoms with Crippen LogP contribution < -0.4 is 10.5 Å². The molecule has 20 heavy (non-hydrogen) atoms. The molecule has 0 saturated heterocycles. The van der Waals surface area contributed by atoms with Crippen molar-refractivity contribution in [2.45, 2.75) is 19.9 Å². The van der Waals surface area contributed by atoms with E-state index in [1.807, 2.05) is 31.2 Å². The van der Waals surface area contributed by atoms with Crippen LogP contribution in [-0.2, 0) is 0 Å². The SMILES string of the molecule is Cc1cc([N+](=O)[O-])ccc1Oc1cccc(C(C)N)c1. The summed E-state index contributed by atoms with van der Waals surface area (Å²) >= 11 is 0. The van der Waals surface area contributed by atoms with Crippen LogP contribution in [0.5, 0.6) is 11.5 Å². The average molecular weight is 272 g/mol. The van der Waals surface area contributed by atoms with Crippen molar-refractivity contribution in [2.24, 2.45) is 5.73 Å². The van der Waals surface area contributed by atoms with E-state index in [1.165, 1.54) is 12.1 Å². The van der Waals surface area contributed by atoms with Crippen molar-refractivity contribution in [3.63, 3.8) is 0 Å². The third-order valence-corrected chi connectivity index (χ3v) is 2.98. The zero-order valence-electron chi connectivity index (χ0n) is 11.4. The largest absolute Gasteiger partial charge is 0.457 e. The Morgan fingerprint density at radius 1 is 1.25 bits per heavy atom. The summed E-state index contributed by atoms with van der Waals surface area (Å²) in [6.45, 7) is 3.67. The predicted octanol–water partition coefficient (Wildman–Crippen LogP) is 3.72.